The number of hydrogen-bond acceptors (Lipinski definition) is 3. The van der Waals surface area contributed by atoms with Crippen molar-refractivity contribution < 1.29 is 9.21 Å². The highest BCUT2D eigenvalue weighted by molar-refractivity contribution is 6.31. The molecule has 1 heterocycles. The Bertz CT molecular complexity index is 665. The first-order valence-electron chi connectivity index (χ1n) is 6.40. The standard InChI is InChI=1S/C15H14Cl2N2O2/c1-2-11-4-5-12(21-11)9-18-14-7-10(17)3-6-13(14)19-15(20)8-16/h3-7,9H,2,8H2,1H3,(H,19,20). The first kappa shape index (κ1) is 15.6. The summed E-state index contributed by atoms with van der Waals surface area (Å²) in [6, 6.07) is 8.75. The van der Waals surface area contributed by atoms with E-state index in [4.69, 9.17) is 27.6 Å². The van der Waals surface area contributed by atoms with Crippen molar-refractivity contribution in [2.75, 3.05) is 11.2 Å². The van der Waals surface area contributed by atoms with E-state index in [2.05, 4.69) is 10.3 Å². The molecule has 2 aromatic rings. The van der Waals surface area contributed by atoms with Gasteiger partial charge in [-0.3, -0.25) is 9.79 Å². The molecule has 6 heteroatoms. The maximum absolute atomic E-state index is 11.4. The van der Waals surface area contributed by atoms with Crippen LogP contribution in [0.15, 0.2) is 39.7 Å². The van der Waals surface area contributed by atoms with Gasteiger partial charge in [0.2, 0.25) is 5.91 Å². The molecule has 4 nitrogen and oxygen atoms in total. The molecule has 0 bridgehead atoms. The van der Waals surface area contributed by atoms with E-state index < -0.39 is 0 Å². The number of nitrogens with one attached hydrogen (secondary N) is 1. The highest BCUT2D eigenvalue weighted by Crippen LogP contribution is 2.28. The van der Waals surface area contributed by atoms with Crippen LogP contribution >= 0.6 is 23.2 Å². The molecule has 1 amide bonds. The first-order valence-corrected chi connectivity index (χ1v) is 7.31. The number of furan rings is 1. The number of benzene rings is 1. The minimum atomic E-state index is -0.304. The fraction of sp³-hybridized carbons (Fsp3) is 0.200. The molecule has 1 aromatic heterocycles. The van der Waals surface area contributed by atoms with Gasteiger partial charge in [-0.1, -0.05) is 18.5 Å². The Morgan fingerprint density at radius 3 is 2.86 bits per heavy atom. The van der Waals surface area contributed by atoms with Crippen LogP contribution in [-0.4, -0.2) is 18.0 Å². The van der Waals surface area contributed by atoms with Crippen LogP contribution in [-0.2, 0) is 11.2 Å². The average molecular weight is 325 g/mol. The third-order valence-corrected chi connectivity index (χ3v) is 3.19. The van der Waals surface area contributed by atoms with Gasteiger partial charge >= 0.3 is 0 Å². The molecule has 110 valence electrons. The topological polar surface area (TPSA) is 54.6 Å². The van der Waals surface area contributed by atoms with Gasteiger partial charge < -0.3 is 9.73 Å². The van der Waals surface area contributed by atoms with Gasteiger partial charge in [0.1, 0.15) is 17.4 Å². The number of hydrogen-bond donors (Lipinski definition) is 1. The van der Waals surface area contributed by atoms with Crippen LogP contribution in [0.4, 0.5) is 11.4 Å². The van der Waals surface area contributed by atoms with E-state index >= 15 is 0 Å². The van der Waals surface area contributed by atoms with Gasteiger partial charge in [-0.2, -0.15) is 0 Å². The zero-order chi connectivity index (χ0) is 15.2. The van der Waals surface area contributed by atoms with Crippen LogP contribution in [0, 0.1) is 0 Å². The van der Waals surface area contributed by atoms with Crippen molar-refractivity contribution in [3.8, 4) is 0 Å². The number of alkyl halides is 1. The van der Waals surface area contributed by atoms with Crippen LogP contribution in [0.3, 0.4) is 0 Å². The lowest BCUT2D eigenvalue weighted by atomic mass is 10.2. The number of aryl methyl sites for hydroxylation is 1. The molecular weight excluding hydrogens is 311 g/mol. The number of halogens is 2. The molecule has 0 atom stereocenters. The Balaban J connectivity index is 2.24. The van der Waals surface area contributed by atoms with E-state index in [0.29, 0.717) is 22.2 Å². The lowest BCUT2D eigenvalue weighted by molar-refractivity contribution is -0.113. The van der Waals surface area contributed by atoms with Gasteiger partial charge in [0, 0.05) is 11.4 Å². The number of anilines is 1. The summed E-state index contributed by atoms with van der Waals surface area (Å²) in [4.78, 5) is 15.7. The molecular formula is C15H14Cl2N2O2. The largest absolute Gasteiger partial charge is 0.460 e. The van der Waals surface area contributed by atoms with E-state index in [9.17, 15) is 4.79 Å². The third-order valence-electron chi connectivity index (χ3n) is 2.72. The quantitative estimate of drug-likeness (QED) is 0.653. The molecule has 0 spiro atoms. The van der Waals surface area contributed by atoms with E-state index in [1.165, 1.54) is 0 Å². The van der Waals surface area contributed by atoms with Gasteiger partial charge in [-0.25, -0.2) is 0 Å². The summed E-state index contributed by atoms with van der Waals surface area (Å²) >= 11 is 11.4. The molecule has 0 radical (unpaired) electrons. The summed E-state index contributed by atoms with van der Waals surface area (Å²) < 4.78 is 5.54. The van der Waals surface area contributed by atoms with E-state index in [1.54, 1.807) is 24.4 Å². The second-order valence-electron chi connectivity index (χ2n) is 4.26. The average Bonchev–Trinajstić information content (AvgIpc) is 2.95. The molecule has 21 heavy (non-hydrogen) atoms. The van der Waals surface area contributed by atoms with Crippen LogP contribution in [0.25, 0.3) is 0 Å². The van der Waals surface area contributed by atoms with Crippen LogP contribution < -0.4 is 5.32 Å². The van der Waals surface area contributed by atoms with Crippen molar-refractivity contribution in [1.29, 1.82) is 0 Å². The fourth-order valence-electron chi connectivity index (χ4n) is 1.69. The molecule has 1 aromatic carbocycles. The molecule has 0 unspecified atom stereocenters. The zero-order valence-corrected chi connectivity index (χ0v) is 12.9. The smallest absolute Gasteiger partial charge is 0.239 e. The Morgan fingerprint density at radius 1 is 1.38 bits per heavy atom. The lowest BCUT2D eigenvalue weighted by Crippen LogP contribution is -2.12. The van der Waals surface area contributed by atoms with Crippen molar-refractivity contribution in [1.82, 2.24) is 0 Å². The molecule has 0 aliphatic rings. The Labute approximate surface area is 132 Å². The SMILES string of the molecule is CCc1ccc(C=Nc2cc(Cl)ccc2NC(=O)CCl)o1. The Morgan fingerprint density at radius 2 is 2.19 bits per heavy atom. The maximum atomic E-state index is 11.4. The predicted octanol–water partition coefficient (Wildman–Crippen LogP) is 4.42. The number of amides is 1. The van der Waals surface area contributed by atoms with E-state index in [1.807, 2.05) is 19.1 Å². The van der Waals surface area contributed by atoms with Gasteiger partial charge in [-0.05, 0) is 30.3 Å². The summed E-state index contributed by atoms with van der Waals surface area (Å²) in [5, 5.41) is 3.19. The van der Waals surface area contributed by atoms with Crippen molar-refractivity contribution in [3.63, 3.8) is 0 Å². The van der Waals surface area contributed by atoms with Gasteiger partial charge in [0.25, 0.3) is 0 Å². The fourth-order valence-corrected chi connectivity index (χ4v) is 1.92. The molecule has 0 saturated carbocycles. The van der Waals surface area contributed by atoms with Crippen molar-refractivity contribution in [2.45, 2.75) is 13.3 Å². The summed E-state index contributed by atoms with van der Waals surface area (Å²) in [6.07, 6.45) is 2.41. The second-order valence-corrected chi connectivity index (χ2v) is 4.96. The van der Waals surface area contributed by atoms with Crippen molar-refractivity contribution in [2.24, 2.45) is 4.99 Å². The minimum absolute atomic E-state index is 0.121. The molecule has 1 N–H and O–H groups in total. The first-order chi connectivity index (χ1) is 10.1. The number of rotatable bonds is 5. The van der Waals surface area contributed by atoms with Crippen LogP contribution in [0.5, 0.6) is 0 Å². The molecule has 0 fully saturated rings. The van der Waals surface area contributed by atoms with Gasteiger partial charge in [-0.15, -0.1) is 11.6 Å². The van der Waals surface area contributed by atoms with Gasteiger partial charge in [0.15, 0.2) is 0 Å². The number of nitrogens with zero attached hydrogens (tertiary/aromatic N) is 1. The van der Waals surface area contributed by atoms with E-state index in [0.717, 1.165) is 12.2 Å². The normalized spacial score (nSPS) is 11.0. The van der Waals surface area contributed by atoms with Crippen molar-refractivity contribution >= 4 is 46.7 Å². The maximum Gasteiger partial charge on any atom is 0.239 e. The number of carbonyl (C=O) groups is 1. The highest BCUT2D eigenvalue weighted by atomic mass is 35.5. The third kappa shape index (κ3) is 4.34. The predicted molar refractivity (Wildman–Crippen MR) is 86.1 cm³/mol. The second kappa shape index (κ2) is 7.29. The lowest BCUT2D eigenvalue weighted by Gasteiger charge is -2.06. The molecule has 0 saturated heterocycles. The van der Waals surface area contributed by atoms with Crippen LogP contribution in [0.1, 0.15) is 18.4 Å². The van der Waals surface area contributed by atoms with E-state index in [-0.39, 0.29) is 11.8 Å². The van der Waals surface area contributed by atoms with Crippen molar-refractivity contribution in [3.05, 3.63) is 46.9 Å². The summed E-state index contributed by atoms with van der Waals surface area (Å²) in [5.41, 5.74) is 1.08. The summed E-state index contributed by atoms with van der Waals surface area (Å²) in [5.74, 6) is 1.10. The molecule has 0 aliphatic heterocycles. The number of aliphatic imine (C=N–C) groups is 1. The molecule has 0 aliphatic carbocycles. The molecule has 2 rings (SSSR count). The number of carbonyl (C=O) groups excluding carboxylic acids is 1. The van der Waals surface area contributed by atoms with Gasteiger partial charge in [0.05, 0.1) is 17.6 Å². The van der Waals surface area contributed by atoms with Crippen LogP contribution in [0.2, 0.25) is 5.02 Å². The Hall–Kier alpha value is -1.78. The monoisotopic (exact) mass is 324 g/mol. The highest BCUT2D eigenvalue weighted by Gasteiger charge is 2.06. The zero-order valence-electron chi connectivity index (χ0n) is 11.4. The minimum Gasteiger partial charge on any atom is -0.460 e. The summed E-state index contributed by atoms with van der Waals surface area (Å²) in [7, 11) is 0. The summed E-state index contributed by atoms with van der Waals surface area (Å²) in [6.45, 7) is 2.01. The Kier molecular flexibility index (Phi) is 5.42.